The monoisotopic (exact) mass is 309 g/mol. The number of carbonyl (C=O) groups excluding carboxylic acids is 1. The molecule has 1 atom stereocenters. The Morgan fingerprint density at radius 3 is 2.26 bits per heavy atom. The molecule has 0 heterocycles. The van der Waals surface area contributed by atoms with Crippen LogP contribution in [-0.4, -0.2) is 5.91 Å². The van der Waals surface area contributed by atoms with Crippen LogP contribution >= 0.6 is 0 Å². The first-order chi connectivity index (χ1) is 11.3. The van der Waals surface area contributed by atoms with Crippen LogP contribution < -0.4 is 5.32 Å². The van der Waals surface area contributed by atoms with Gasteiger partial charge in [0.05, 0.1) is 0 Å². The van der Waals surface area contributed by atoms with Gasteiger partial charge in [0.25, 0.3) is 0 Å². The molecule has 23 heavy (non-hydrogen) atoms. The van der Waals surface area contributed by atoms with Gasteiger partial charge in [0.1, 0.15) is 0 Å². The van der Waals surface area contributed by atoms with Crippen molar-refractivity contribution in [2.45, 2.75) is 51.5 Å². The lowest BCUT2D eigenvalue weighted by Crippen LogP contribution is -2.24. The summed E-state index contributed by atoms with van der Waals surface area (Å²) in [7, 11) is 0. The largest absolute Gasteiger partial charge is 0.352 e. The first-order valence-corrected chi connectivity index (χ1v) is 8.65. The van der Waals surface area contributed by atoms with E-state index in [1.165, 1.54) is 24.8 Å². The minimum absolute atomic E-state index is 0.138. The quantitative estimate of drug-likeness (QED) is 0.645. The van der Waals surface area contributed by atoms with Crippen molar-refractivity contribution in [2.24, 2.45) is 0 Å². The van der Waals surface area contributed by atoms with Gasteiger partial charge in [-0.3, -0.25) is 4.79 Å². The molecule has 0 fully saturated rings. The van der Waals surface area contributed by atoms with Gasteiger partial charge in [-0.25, -0.2) is 0 Å². The lowest BCUT2D eigenvalue weighted by molar-refractivity contribution is -0.121. The number of nitrogens with one attached hydrogen (secondary N) is 1. The highest BCUT2D eigenvalue weighted by atomic mass is 16.1. The van der Waals surface area contributed by atoms with E-state index in [2.05, 4.69) is 36.5 Å². The first-order valence-electron chi connectivity index (χ1n) is 8.65. The van der Waals surface area contributed by atoms with Gasteiger partial charge < -0.3 is 5.32 Å². The summed E-state index contributed by atoms with van der Waals surface area (Å²) in [5.41, 5.74) is 2.42. The van der Waals surface area contributed by atoms with Crippen molar-refractivity contribution < 1.29 is 4.79 Å². The molecule has 0 radical (unpaired) electrons. The summed E-state index contributed by atoms with van der Waals surface area (Å²) in [4.78, 5) is 12.3. The van der Waals surface area contributed by atoms with Crippen LogP contribution in [0.25, 0.3) is 0 Å². The Labute approximate surface area is 139 Å². The molecule has 2 rings (SSSR count). The fraction of sp³-hybridized carbons (Fsp3) is 0.381. The topological polar surface area (TPSA) is 29.1 Å². The number of amides is 1. The number of rotatable bonds is 9. The molecular weight excluding hydrogens is 282 g/mol. The Bertz CT molecular complexity index is 565. The van der Waals surface area contributed by atoms with Crippen molar-refractivity contribution in [3.63, 3.8) is 0 Å². The Kier molecular flexibility index (Phi) is 7.38. The highest BCUT2D eigenvalue weighted by Crippen LogP contribution is 2.25. The molecule has 2 aromatic carbocycles. The normalized spacial score (nSPS) is 11.9. The lowest BCUT2D eigenvalue weighted by Gasteiger charge is -2.17. The maximum Gasteiger partial charge on any atom is 0.220 e. The zero-order valence-electron chi connectivity index (χ0n) is 14.0. The van der Waals surface area contributed by atoms with Crippen molar-refractivity contribution in [3.8, 4) is 0 Å². The van der Waals surface area contributed by atoms with Crippen LogP contribution in [0.1, 0.15) is 56.1 Å². The average Bonchev–Trinajstić information content (AvgIpc) is 2.61. The van der Waals surface area contributed by atoms with Crippen molar-refractivity contribution >= 4 is 5.91 Å². The molecule has 1 amide bonds. The molecule has 0 aliphatic carbocycles. The molecule has 122 valence electrons. The van der Waals surface area contributed by atoms with Crippen molar-refractivity contribution in [2.75, 3.05) is 0 Å². The molecule has 2 aromatic rings. The van der Waals surface area contributed by atoms with Gasteiger partial charge >= 0.3 is 0 Å². The summed E-state index contributed by atoms with van der Waals surface area (Å²) < 4.78 is 0. The molecule has 0 saturated heterocycles. The maximum atomic E-state index is 12.3. The molecule has 0 unspecified atom stereocenters. The van der Waals surface area contributed by atoms with E-state index in [9.17, 15) is 4.79 Å². The predicted molar refractivity (Wildman–Crippen MR) is 96.2 cm³/mol. The summed E-state index contributed by atoms with van der Waals surface area (Å²) in [6.07, 6.45) is 5.27. The minimum atomic E-state index is 0.138. The van der Waals surface area contributed by atoms with Gasteiger partial charge in [-0.15, -0.1) is 0 Å². The minimum Gasteiger partial charge on any atom is -0.352 e. The molecular formula is C21H27NO. The number of carbonyl (C=O) groups is 1. The third-order valence-electron chi connectivity index (χ3n) is 4.19. The van der Waals surface area contributed by atoms with E-state index in [0.29, 0.717) is 18.9 Å². The second-order valence-corrected chi connectivity index (χ2v) is 6.07. The Hall–Kier alpha value is -2.09. The predicted octanol–water partition coefficient (Wildman–Crippen LogP) is 5.06. The number of hydrogen-bond acceptors (Lipinski definition) is 1. The van der Waals surface area contributed by atoms with Gasteiger partial charge in [-0.2, -0.15) is 0 Å². The number of unbranched alkanes of at least 4 members (excludes halogenated alkanes) is 2. The Morgan fingerprint density at radius 2 is 1.61 bits per heavy atom. The smallest absolute Gasteiger partial charge is 0.220 e. The van der Waals surface area contributed by atoms with E-state index in [1.54, 1.807) is 0 Å². The van der Waals surface area contributed by atoms with Crippen molar-refractivity contribution in [1.82, 2.24) is 5.32 Å². The number of benzene rings is 2. The second kappa shape index (κ2) is 9.83. The van der Waals surface area contributed by atoms with Crippen LogP contribution in [0.4, 0.5) is 0 Å². The van der Waals surface area contributed by atoms with Gasteiger partial charge in [-0.1, -0.05) is 86.8 Å². The molecule has 2 nitrogen and oxygen atoms in total. The Balaban J connectivity index is 1.89. The zero-order chi connectivity index (χ0) is 16.3. The lowest BCUT2D eigenvalue weighted by atomic mass is 9.90. The van der Waals surface area contributed by atoms with Crippen molar-refractivity contribution in [1.29, 1.82) is 0 Å². The third kappa shape index (κ3) is 6.27. The summed E-state index contributed by atoms with van der Waals surface area (Å²) in [6.45, 7) is 2.82. The standard InChI is InChI=1S/C21H27NO/c1-2-3-6-15-20(19-13-9-5-10-14-19)16-21(23)22-17-18-11-7-4-8-12-18/h4-5,7-14,20H,2-3,6,15-17H2,1H3,(H,22,23)/t20-/m0/s1. The highest BCUT2D eigenvalue weighted by Gasteiger charge is 2.15. The van der Waals surface area contributed by atoms with Crippen LogP contribution in [0, 0.1) is 0 Å². The van der Waals surface area contributed by atoms with E-state index >= 15 is 0 Å². The van der Waals surface area contributed by atoms with E-state index < -0.39 is 0 Å². The molecule has 0 aliphatic heterocycles. The van der Waals surface area contributed by atoms with Gasteiger partial charge in [0, 0.05) is 13.0 Å². The fourth-order valence-corrected chi connectivity index (χ4v) is 2.84. The van der Waals surface area contributed by atoms with Gasteiger partial charge in [0.2, 0.25) is 5.91 Å². The van der Waals surface area contributed by atoms with Crippen LogP contribution in [0.15, 0.2) is 60.7 Å². The second-order valence-electron chi connectivity index (χ2n) is 6.07. The van der Waals surface area contributed by atoms with Crippen LogP contribution in [-0.2, 0) is 11.3 Å². The fourth-order valence-electron chi connectivity index (χ4n) is 2.84. The molecule has 1 N–H and O–H groups in total. The molecule has 0 spiro atoms. The maximum absolute atomic E-state index is 12.3. The van der Waals surface area contributed by atoms with Gasteiger partial charge in [-0.05, 0) is 23.5 Å². The van der Waals surface area contributed by atoms with E-state index in [0.717, 1.165) is 12.0 Å². The molecule has 0 aromatic heterocycles. The van der Waals surface area contributed by atoms with Crippen LogP contribution in [0.5, 0.6) is 0 Å². The van der Waals surface area contributed by atoms with Gasteiger partial charge in [0.15, 0.2) is 0 Å². The molecule has 0 aliphatic rings. The molecule has 0 bridgehead atoms. The highest BCUT2D eigenvalue weighted by molar-refractivity contribution is 5.76. The average molecular weight is 309 g/mol. The van der Waals surface area contributed by atoms with Crippen LogP contribution in [0.2, 0.25) is 0 Å². The molecule has 0 saturated carbocycles. The zero-order valence-corrected chi connectivity index (χ0v) is 14.0. The summed E-state index contributed by atoms with van der Waals surface area (Å²) in [5.74, 6) is 0.456. The first kappa shape index (κ1) is 17.3. The van der Waals surface area contributed by atoms with E-state index in [4.69, 9.17) is 0 Å². The molecule has 2 heteroatoms. The number of hydrogen-bond donors (Lipinski definition) is 1. The third-order valence-corrected chi connectivity index (χ3v) is 4.19. The summed E-state index contributed by atoms with van der Waals surface area (Å²) in [6, 6.07) is 20.5. The Morgan fingerprint density at radius 1 is 0.957 bits per heavy atom. The van der Waals surface area contributed by atoms with Crippen LogP contribution in [0.3, 0.4) is 0 Å². The van der Waals surface area contributed by atoms with Crippen molar-refractivity contribution in [3.05, 3.63) is 71.8 Å². The van der Waals surface area contributed by atoms with E-state index in [-0.39, 0.29) is 5.91 Å². The summed E-state index contributed by atoms with van der Waals surface area (Å²) >= 11 is 0. The summed E-state index contributed by atoms with van der Waals surface area (Å²) in [5, 5.41) is 3.05. The van der Waals surface area contributed by atoms with E-state index in [1.807, 2.05) is 36.4 Å². The SMILES string of the molecule is CCCCC[C@@H](CC(=O)NCc1ccccc1)c1ccccc1.